The molecule has 22 heavy (non-hydrogen) atoms. The Balaban J connectivity index is 2.24. The quantitative estimate of drug-likeness (QED) is 0.849. The normalized spacial score (nSPS) is 12.4. The number of aryl methyl sites for hydroxylation is 2. The van der Waals surface area contributed by atoms with Crippen molar-refractivity contribution in [2.24, 2.45) is 5.92 Å². The number of rotatable bonds is 6. The Morgan fingerprint density at radius 1 is 1.36 bits per heavy atom. The minimum absolute atomic E-state index is 0.265. The molecule has 7 heteroatoms. The van der Waals surface area contributed by atoms with Crippen molar-refractivity contribution in [1.82, 2.24) is 19.7 Å². The van der Waals surface area contributed by atoms with E-state index >= 15 is 0 Å². The molecule has 1 unspecified atom stereocenters. The molecule has 7 nitrogen and oxygen atoms in total. The molecular weight excluding hydrogens is 282 g/mol. The Morgan fingerprint density at radius 3 is 2.64 bits per heavy atom. The molecule has 0 bridgehead atoms. The van der Waals surface area contributed by atoms with Gasteiger partial charge in [0.05, 0.1) is 18.1 Å². The molecule has 0 amide bonds. The third-order valence-corrected chi connectivity index (χ3v) is 3.18. The Labute approximate surface area is 129 Å². The van der Waals surface area contributed by atoms with E-state index in [4.69, 9.17) is 0 Å². The fourth-order valence-corrected chi connectivity index (χ4v) is 2.26. The maximum Gasteiger partial charge on any atom is 0.326 e. The molecular formula is C15H21N5O2. The molecule has 0 aliphatic carbocycles. The second-order valence-electron chi connectivity index (χ2n) is 5.77. The monoisotopic (exact) mass is 303 g/mol. The maximum atomic E-state index is 11.3. The van der Waals surface area contributed by atoms with Crippen molar-refractivity contribution in [2.45, 2.75) is 40.2 Å². The molecule has 0 saturated heterocycles. The van der Waals surface area contributed by atoms with Crippen molar-refractivity contribution in [3.05, 3.63) is 29.8 Å². The lowest BCUT2D eigenvalue weighted by Gasteiger charge is -2.17. The van der Waals surface area contributed by atoms with Gasteiger partial charge < -0.3 is 10.4 Å². The zero-order valence-electron chi connectivity index (χ0n) is 13.2. The summed E-state index contributed by atoms with van der Waals surface area (Å²) < 4.78 is 1.69. The van der Waals surface area contributed by atoms with E-state index in [0.29, 0.717) is 18.1 Å². The summed E-state index contributed by atoms with van der Waals surface area (Å²) in [6.45, 7) is 7.80. The lowest BCUT2D eigenvalue weighted by Crippen LogP contribution is -2.31. The van der Waals surface area contributed by atoms with Gasteiger partial charge in [0.2, 0.25) is 0 Å². The fourth-order valence-electron chi connectivity index (χ4n) is 2.26. The largest absolute Gasteiger partial charge is 0.480 e. The first-order chi connectivity index (χ1) is 10.4. The van der Waals surface area contributed by atoms with Crippen molar-refractivity contribution in [1.29, 1.82) is 0 Å². The van der Waals surface area contributed by atoms with Crippen LogP contribution in [0.1, 0.15) is 31.7 Å². The average Bonchev–Trinajstić information content (AvgIpc) is 2.77. The van der Waals surface area contributed by atoms with Crippen LogP contribution in [0.25, 0.3) is 5.82 Å². The molecule has 118 valence electrons. The van der Waals surface area contributed by atoms with Gasteiger partial charge in [-0.1, -0.05) is 13.8 Å². The van der Waals surface area contributed by atoms with Crippen LogP contribution in [0.2, 0.25) is 0 Å². The zero-order chi connectivity index (χ0) is 16.3. The van der Waals surface area contributed by atoms with Gasteiger partial charge in [-0.25, -0.2) is 14.5 Å². The van der Waals surface area contributed by atoms with E-state index in [1.165, 1.54) is 6.20 Å². The predicted molar refractivity (Wildman–Crippen MR) is 83.1 cm³/mol. The first-order valence-corrected chi connectivity index (χ1v) is 7.22. The number of aliphatic carboxylic acids is 1. The summed E-state index contributed by atoms with van der Waals surface area (Å²) in [5, 5.41) is 16.6. The minimum Gasteiger partial charge on any atom is -0.480 e. The maximum absolute atomic E-state index is 11.3. The predicted octanol–water partition coefficient (Wildman–Crippen LogP) is 2.19. The number of carbonyl (C=O) groups is 1. The number of anilines is 1. The molecule has 2 aromatic rings. The van der Waals surface area contributed by atoms with Gasteiger partial charge in [-0.05, 0) is 32.3 Å². The molecule has 2 aromatic heterocycles. The molecule has 0 radical (unpaired) electrons. The topological polar surface area (TPSA) is 92.9 Å². The lowest BCUT2D eigenvalue weighted by atomic mass is 10.0. The minimum atomic E-state index is -0.896. The summed E-state index contributed by atoms with van der Waals surface area (Å²) in [5.41, 5.74) is 1.83. The molecule has 0 fully saturated rings. The summed E-state index contributed by atoms with van der Waals surface area (Å²) in [5.74, 6) is 0.357. The van der Waals surface area contributed by atoms with E-state index in [2.05, 4.69) is 20.4 Å². The highest BCUT2D eigenvalue weighted by molar-refractivity contribution is 5.76. The Hall–Kier alpha value is -2.44. The number of aromatic nitrogens is 4. The zero-order valence-corrected chi connectivity index (χ0v) is 13.2. The Kier molecular flexibility index (Phi) is 4.75. The molecule has 0 spiro atoms. The molecule has 2 rings (SSSR count). The molecule has 1 atom stereocenters. The average molecular weight is 303 g/mol. The van der Waals surface area contributed by atoms with Crippen LogP contribution in [0, 0.1) is 19.8 Å². The van der Waals surface area contributed by atoms with E-state index in [1.54, 1.807) is 10.9 Å². The first-order valence-electron chi connectivity index (χ1n) is 7.22. The van der Waals surface area contributed by atoms with Gasteiger partial charge in [-0.3, -0.25) is 4.98 Å². The Morgan fingerprint density at radius 2 is 2.09 bits per heavy atom. The van der Waals surface area contributed by atoms with Crippen LogP contribution >= 0.6 is 0 Å². The van der Waals surface area contributed by atoms with E-state index in [9.17, 15) is 9.90 Å². The second kappa shape index (κ2) is 6.55. The number of carboxylic acid groups (broad SMARTS) is 1. The van der Waals surface area contributed by atoms with Crippen LogP contribution in [-0.2, 0) is 4.79 Å². The summed E-state index contributed by atoms with van der Waals surface area (Å²) in [6, 6.07) is 1.26. The molecule has 0 aliphatic rings. The first kappa shape index (κ1) is 15.9. The third-order valence-electron chi connectivity index (χ3n) is 3.18. The van der Waals surface area contributed by atoms with E-state index < -0.39 is 12.0 Å². The van der Waals surface area contributed by atoms with Crippen LogP contribution in [0.5, 0.6) is 0 Å². The SMILES string of the molecule is Cc1cc(C)n(-c2cncc(NC(CC(C)C)C(=O)O)n2)n1. The van der Waals surface area contributed by atoms with Gasteiger partial charge in [0, 0.05) is 5.69 Å². The molecule has 0 saturated carbocycles. The number of hydrogen-bond acceptors (Lipinski definition) is 5. The summed E-state index contributed by atoms with van der Waals surface area (Å²) in [4.78, 5) is 19.9. The summed E-state index contributed by atoms with van der Waals surface area (Å²) in [6.07, 6.45) is 3.63. The second-order valence-corrected chi connectivity index (χ2v) is 5.77. The van der Waals surface area contributed by atoms with Crippen molar-refractivity contribution < 1.29 is 9.90 Å². The number of nitrogens with one attached hydrogen (secondary N) is 1. The summed E-state index contributed by atoms with van der Waals surface area (Å²) in [7, 11) is 0. The van der Waals surface area contributed by atoms with Crippen LogP contribution < -0.4 is 5.32 Å². The highest BCUT2D eigenvalue weighted by atomic mass is 16.4. The van der Waals surface area contributed by atoms with Gasteiger partial charge in [0.25, 0.3) is 0 Å². The van der Waals surface area contributed by atoms with Crippen molar-refractivity contribution >= 4 is 11.8 Å². The van der Waals surface area contributed by atoms with Gasteiger partial charge in [-0.15, -0.1) is 0 Å². The number of nitrogens with zero attached hydrogens (tertiary/aromatic N) is 4. The molecule has 0 aromatic carbocycles. The fraction of sp³-hybridized carbons (Fsp3) is 0.467. The van der Waals surface area contributed by atoms with Crippen LogP contribution in [0.3, 0.4) is 0 Å². The van der Waals surface area contributed by atoms with Gasteiger partial charge in [0.15, 0.2) is 5.82 Å². The number of hydrogen-bond donors (Lipinski definition) is 2. The third kappa shape index (κ3) is 3.81. The van der Waals surface area contributed by atoms with Crippen molar-refractivity contribution in [2.75, 3.05) is 5.32 Å². The van der Waals surface area contributed by atoms with Crippen molar-refractivity contribution in [3.63, 3.8) is 0 Å². The number of carboxylic acids is 1. The van der Waals surface area contributed by atoms with Crippen LogP contribution in [0.4, 0.5) is 5.82 Å². The van der Waals surface area contributed by atoms with Gasteiger partial charge in [0.1, 0.15) is 11.9 Å². The van der Waals surface area contributed by atoms with Crippen LogP contribution in [0.15, 0.2) is 18.5 Å². The van der Waals surface area contributed by atoms with Crippen molar-refractivity contribution in [3.8, 4) is 5.82 Å². The van der Waals surface area contributed by atoms with Crippen LogP contribution in [-0.4, -0.2) is 36.9 Å². The van der Waals surface area contributed by atoms with E-state index in [-0.39, 0.29) is 5.92 Å². The highest BCUT2D eigenvalue weighted by Gasteiger charge is 2.19. The smallest absolute Gasteiger partial charge is 0.326 e. The summed E-state index contributed by atoms with van der Waals surface area (Å²) >= 11 is 0. The van der Waals surface area contributed by atoms with E-state index in [1.807, 2.05) is 33.8 Å². The van der Waals surface area contributed by atoms with E-state index in [0.717, 1.165) is 11.4 Å². The molecule has 2 N–H and O–H groups in total. The lowest BCUT2D eigenvalue weighted by molar-refractivity contribution is -0.138. The molecule has 2 heterocycles. The standard InChI is InChI=1S/C15H21N5O2/c1-9(2)5-12(15(21)22)17-13-7-16-8-14(18-13)20-11(4)6-10(3)19-20/h6-9,12H,5H2,1-4H3,(H,17,18)(H,21,22). The molecule has 0 aliphatic heterocycles. The Bertz CT molecular complexity index is 666. The van der Waals surface area contributed by atoms with Gasteiger partial charge >= 0.3 is 5.97 Å². The van der Waals surface area contributed by atoms with Gasteiger partial charge in [-0.2, -0.15) is 5.10 Å². The highest BCUT2D eigenvalue weighted by Crippen LogP contribution is 2.14.